The topological polar surface area (TPSA) is 65.7 Å². The second-order valence-corrected chi connectivity index (χ2v) is 8.80. The van der Waals surface area contributed by atoms with Gasteiger partial charge in [0.2, 0.25) is 0 Å². The van der Waals surface area contributed by atoms with Crippen molar-refractivity contribution in [3.05, 3.63) is 82.7 Å². The molecule has 1 aromatic heterocycles. The van der Waals surface area contributed by atoms with Crippen molar-refractivity contribution in [3.8, 4) is 11.1 Å². The molecular weight excluding hydrogens is 424 g/mol. The third-order valence-electron chi connectivity index (χ3n) is 6.49. The van der Waals surface area contributed by atoms with E-state index < -0.39 is 6.10 Å². The third kappa shape index (κ3) is 7.05. The first-order chi connectivity index (χ1) is 16.3. The van der Waals surface area contributed by atoms with Gasteiger partial charge in [-0.3, -0.25) is 4.79 Å². The summed E-state index contributed by atoms with van der Waals surface area (Å²) in [6.45, 7) is 11.8. The van der Waals surface area contributed by atoms with Gasteiger partial charge in [0, 0.05) is 29.9 Å². The van der Waals surface area contributed by atoms with Crippen molar-refractivity contribution in [1.82, 2.24) is 9.47 Å². The molecule has 1 saturated heterocycles. The van der Waals surface area contributed by atoms with E-state index in [0.29, 0.717) is 0 Å². The maximum absolute atomic E-state index is 10.1. The van der Waals surface area contributed by atoms with E-state index in [4.69, 9.17) is 9.90 Å². The zero-order chi connectivity index (χ0) is 25.1. The molecule has 1 unspecified atom stereocenters. The van der Waals surface area contributed by atoms with Crippen LogP contribution in [0.2, 0.25) is 0 Å². The van der Waals surface area contributed by atoms with Gasteiger partial charge in [-0.1, -0.05) is 54.6 Å². The fourth-order valence-corrected chi connectivity index (χ4v) is 4.80. The zero-order valence-electron chi connectivity index (χ0n) is 21.3. The maximum atomic E-state index is 10.1. The first-order valence-corrected chi connectivity index (χ1v) is 12.1. The van der Waals surface area contributed by atoms with Gasteiger partial charge in [-0.15, -0.1) is 0 Å². The minimum atomic E-state index is -0.453. The highest BCUT2D eigenvalue weighted by Crippen LogP contribution is 2.35. The van der Waals surface area contributed by atoms with E-state index in [9.17, 15) is 5.11 Å². The molecule has 0 aliphatic carbocycles. The highest BCUT2D eigenvalue weighted by atomic mass is 16.3. The number of likely N-dealkylation sites (tertiary alicyclic amines) is 1. The number of benzene rings is 2. The van der Waals surface area contributed by atoms with Crippen LogP contribution in [-0.4, -0.2) is 46.3 Å². The predicted molar refractivity (Wildman–Crippen MR) is 140 cm³/mol. The fraction of sp³-hybridized carbons (Fsp3) is 0.414. The smallest absolute Gasteiger partial charge is 0.290 e. The summed E-state index contributed by atoms with van der Waals surface area (Å²) in [6, 6.07) is 18.8. The number of aromatic nitrogens is 1. The van der Waals surface area contributed by atoms with Gasteiger partial charge < -0.3 is 19.7 Å². The molecule has 184 valence electrons. The van der Waals surface area contributed by atoms with Gasteiger partial charge in [0.25, 0.3) is 6.47 Å². The lowest BCUT2D eigenvalue weighted by molar-refractivity contribution is -0.122. The number of carbonyl (C=O) groups is 1. The summed E-state index contributed by atoms with van der Waals surface area (Å²) in [4.78, 5) is 10.7. The minimum absolute atomic E-state index is 0.250. The predicted octanol–water partition coefficient (Wildman–Crippen LogP) is 5.85. The summed E-state index contributed by atoms with van der Waals surface area (Å²) in [5.41, 5.74) is 8.81. The molecule has 34 heavy (non-hydrogen) atoms. The first kappa shape index (κ1) is 27.4. The summed E-state index contributed by atoms with van der Waals surface area (Å²) in [7, 11) is 2.17. The largest absolute Gasteiger partial charge is 0.483 e. The molecule has 2 heterocycles. The summed E-state index contributed by atoms with van der Waals surface area (Å²) in [5.74, 6) is 0. The van der Waals surface area contributed by atoms with Crippen LogP contribution in [0.25, 0.3) is 11.1 Å². The number of aliphatic hydroxyl groups excluding tert-OH is 1. The van der Waals surface area contributed by atoms with Crippen molar-refractivity contribution < 1.29 is 15.0 Å². The van der Waals surface area contributed by atoms with Crippen LogP contribution in [0.4, 0.5) is 0 Å². The van der Waals surface area contributed by atoms with E-state index in [0.717, 1.165) is 18.5 Å². The molecule has 0 radical (unpaired) electrons. The molecule has 0 bridgehead atoms. The molecule has 5 heteroatoms. The number of carboxylic acid groups (broad SMARTS) is 1. The lowest BCUT2D eigenvalue weighted by atomic mass is 9.92. The van der Waals surface area contributed by atoms with Crippen LogP contribution in [0.3, 0.4) is 0 Å². The summed E-state index contributed by atoms with van der Waals surface area (Å²) in [6.07, 6.45) is 3.21. The standard InChI is InChI=1S/C23H27NO.C5H11N.CH2O2/c1-5-24-16(2)22(15-20-13-9-10-14-21(20)18(4)25)23(17(24)3)19-11-7-6-8-12-19;1-6-4-2-3-5-6;2-1-3/h6-14,18,25H,5,15H2,1-4H3;2-5H2,1H3;1H,(H,2,3). The van der Waals surface area contributed by atoms with Crippen molar-refractivity contribution >= 4 is 6.47 Å². The Morgan fingerprint density at radius 1 is 0.971 bits per heavy atom. The van der Waals surface area contributed by atoms with Gasteiger partial charge in [0.05, 0.1) is 6.10 Å². The minimum Gasteiger partial charge on any atom is -0.483 e. The normalized spacial score (nSPS) is 13.9. The number of aliphatic hydroxyl groups is 1. The Kier molecular flexibility index (Phi) is 11.0. The molecule has 0 amide bonds. The van der Waals surface area contributed by atoms with Crippen molar-refractivity contribution in [2.24, 2.45) is 0 Å². The SMILES string of the molecule is CCn1c(C)c(Cc2ccccc2C(C)O)c(-c2ccccc2)c1C.CN1CCCC1.O=CO. The molecule has 0 spiro atoms. The van der Waals surface area contributed by atoms with Gasteiger partial charge in [-0.25, -0.2) is 0 Å². The van der Waals surface area contributed by atoms with E-state index in [1.54, 1.807) is 0 Å². The molecule has 3 aromatic rings. The van der Waals surface area contributed by atoms with Crippen LogP contribution >= 0.6 is 0 Å². The van der Waals surface area contributed by atoms with Gasteiger partial charge in [-0.2, -0.15) is 0 Å². The maximum Gasteiger partial charge on any atom is 0.290 e. The second-order valence-electron chi connectivity index (χ2n) is 8.80. The van der Waals surface area contributed by atoms with E-state index in [-0.39, 0.29) is 6.47 Å². The lowest BCUT2D eigenvalue weighted by Gasteiger charge is -2.13. The highest BCUT2D eigenvalue weighted by Gasteiger charge is 2.19. The van der Waals surface area contributed by atoms with Crippen molar-refractivity contribution in [2.75, 3.05) is 20.1 Å². The van der Waals surface area contributed by atoms with Crippen molar-refractivity contribution in [2.45, 2.75) is 59.6 Å². The van der Waals surface area contributed by atoms with Crippen LogP contribution in [0.5, 0.6) is 0 Å². The molecule has 1 fully saturated rings. The van der Waals surface area contributed by atoms with E-state index in [2.05, 4.69) is 79.8 Å². The number of rotatable bonds is 5. The average molecular weight is 465 g/mol. The van der Waals surface area contributed by atoms with Crippen molar-refractivity contribution in [3.63, 3.8) is 0 Å². The van der Waals surface area contributed by atoms with Gasteiger partial charge in [0.15, 0.2) is 0 Å². The fourth-order valence-electron chi connectivity index (χ4n) is 4.80. The molecule has 5 nitrogen and oxygen atoms in total. The highest BCUT2D eigenvalue weighted by molar-refractivity contribution is 5.72. The Bertz CT molecular complexity index is 1020. The monoisotopic (exact) mass is 464 g/mol. The Morgan fingerprint density at radius 2 is 1.53 bits per heavy atom. The molecule has 2 aromatic carbocycles. The lowest BCUT2D eigenvalue weighted by Crippen LogP contribution is -2.10. The molecule has 0 saturated carbocycles. The molecule has 2 N–H and O–H groups in total. The van der Waals surface area contributed by atoms with E-state index in [1.165, 1.54) is 59.6 Å². The number of hydrogen-bond acceptors (Lipinski definition) is 3. The number of nitrogens with zero attached hydrogens (tertiary/aromatic N) is 2. The first-order valence-electron chi connectivity index (χ1n) is 12.1. The van der Waals surface area contributed by atoms with Crippen molar-refractivity contribution in [1.29, 1.82) is 0 Å². The molecule has 4 rings (SSSR count). The molecule has 1 aliphatic heterocycles. The van der Waals surface area contributed by atoms with Gasteiger partial charge >= 0.3 is 0 Å². The molecular formula is C29H40N2O3. The van der Waals surface area contributed by atoms with E-state index in [1.807, 2.05) is 19.1 Å². The summed E-state index contributed by atoms with van der Waals surface area (Å²) < 4.78 is 2.39. The number of hydrogen-bond donors (Lipinski definition) is 2. The Balaban J connectivity index is 0.000000383. The molecule has 1 aliphatic rings. The third-order valence-corrected chi connectivity index (χ3v) is 6.49. The van der Waals surface area contributed by atoms with E-state index >= 15 is 0 Å². The van der Waals surface area contributed by atoms with Gasteiger partial charge in [0.1, 0.15) is 0 Å². The van der Waals surface area contributed by atoms with Crippen LogP contribution < -0.4 is 0 Å². The van der Waals surface area contributed by atoms with Crippen LogP contribution in [0.15, 0.2) is 54.6 Å². The van der Waals surface area contributed by atoms with Crippen LogP contribution in [0.1, 0.15) is 60.9 Å². The second kappa shape index (κ2) is 13.7. The van der Waals surface area contributed by atoms with Crippen LogP contribution in [0, 0.1) is 13.8 Å². The Labute approximate surface area is 204 Å². The zero-order valence-corrected chi connectivity index (χ0v) is 21.3. The Morgan fingerprint density at radius 3 is 2.03 bits per heavy atom. The van der Waals surface area contributed by atoms with Crippen LogP contribution in [-0.2, 0) is 17.8 Å². The summed E-state index contributed by atoms with van der Waals surface area (Å²) >= 11 is 0. The average Bonchev–Trinajstić information content (AvgIpc) is 3.40. The summed E-state index contributed by atoms with van der Waals surface area (Å²) in [5, 5.41) is 17.0. The van der Waals surface area contributed by atoms with Gasteiger partial charge in [-0.05, 0) is 82.9 Å². The molecule has 1 atom stereocenters. The Hall–Kier alpha value is -2.89. The quantitative estimate of drug-likeness (QED) is 0.465.